The Balaban J connectivity index is 2.31. The van der Waals surface area contributed by atoms with Gasteiger partial charge in [-0.25, -0.2) is 4.98 Å². The number of aryl methyl sites for hydroxylation is 2. The van der Waals surface area contributed by atoms with Gasteiger partial charge in [0.15, 0.2) is 5.03 Å². The van der Waals surface area contributed by atoms with E-state index >= 15 is 0 Å². The molecule has 0 unspecified atom stereocenters. The molecule has 0 aliphatic rings. The van der Waals surface area contributed by atoms with Gasteiger partial charge >= 0.3 is 0 Å². The van der Waals surface area contributed by atoms with Crippen LogP contribution in [0.1, 0.15) is 19.2 Å². The third-order valence-corrected chi connectivity index (χ3v) is 4.58. The van der Waals surface area contributed by atoms with Crippen molar-refractivity contribution in [1.82, 2.24) is 14.5 Å². The molecular weight excluding hydrogens is 344 g/mol. The van der Waals surface area contributed by atoms with Crippen molar-refractivity contribution in [3.63, 3.8) is 0 Å². The van der Waals surface area contributed by atoms with E-state index in [4.69, 9.17) is 0 Å². The molecule has 0 aliphatic heterocycles. The molecule has 108 valence electrons. The molecule has 2 rings (SSSR count). The molecule has 0 aromatic carbocycles. The maximum Gasteiger partial charge on any atom is 0.280 e. The fraction of sp³-hybridized carbons (Fsp3) is 0.333. The molecule has 2 heterocycles. The Morgan fingerprint density at radius 1 is 1.45 bits per heavy atom. The highest BCUT2D eigenvalue weighted by molar-refractivity contribution is 9.10. The number of pyridine rings is 1. The summed E-state index contributed by atoms with van der Waals surface area (Å²) in [5.74, 6) is 0.681. The number of nitrogens with zero attached hydrogens (tertiary/aromatic N) is 3. The maximum atomic E-state index is 12.3. The minimum Gasteiger partial charge on any atom is -0.334 e. The standard InChI is InChI=1S/C12H15BrN4O2S/c1-3-6-17-8-12(15-9(17)2)20(18,19)16-11-4-5-14-7-10(11)13/h4-5,7-8H,3,6H2,1-2H3,(H,14,16). The first kappa shape index (κ1) is 15.0. The van der Waals surface area contributed by atoms with Crippen LogP contribution in [-0.2, 0) is 16.6 Å². The average Bonchev–Trinajstić information content (AvgIpc) is 2.75. The van der Waals surface area contributed by atoms with Crippen LogP contribution in [0.15, 0.2) is 34.2 Å². The number of aromatic nitrogens is 3. The van der Waals surface area contributed by atoms with Gasteiger partial charge in [0.1, 0.15) is 5.82 Å². The Hall–Kier alpha value is -1.41. The molecule has 0 fully saturated rings. The summed E-state index contributed by atoms with van der Waals surface area (Å²) in [6.45, 7) is 4.56. The van der Waals surface area contributed by atoms with E-state index in [1.807, 2.05) is 11.5 Å². The summed E-state index contributed by atoms with van der Waals surface area (Å²) in [5.41, 5.74) is 0.433. The summed E-state index contributed by atoms with van der Waals surface area (Å²) in [7, 11) is -3.70. The number of sulfonamides is 1. The van der Waals surface area contributed by atoms with Crippen molar-refractivity contribution in [2.24, 2.45) is 0 Å². The topological polar surface area (TPSA) is 76.9 Å². The first-order chi connectivity index (χ1) is 9.44. The Morgan fingerprint density at radius 3 is 2.85 bits per heavy atom. The lowest BCUT2D eigenvalue weighted by Gasteiger charge is -2.06. The van der Waals surface area contributed by atoms with Crippen LogP contribution >= 0.6 is 15.9 Å². The number of halogens is 1. The van der Waals surface area contributed by atoms with E-state index in [1.165, 1.54) is 12.4 Å². The Morgan fingerprint density at radius 2 is 2.20 bits per heavy atom. The summed E-state index contributed by atoms with van der Waals surface area (Å²) in [5, 5.41) is 0.0205. The third kappa shape index (κ3) is 3.18. The number of nitrogens with one attached hydrogen (secondary N) is 1. The number of rotatable bonds is 5. The first-order valence-electron chi connectivity index (χ1n) is 6.10. The lowest BCUT2D eigenvalue weighted by Crippen LogP contribution is -2.13. The number of hydrogen-bond donors (Lipinski definition) is 1. The number of anilines is 1. The molecule has 2 aromatic rings. The SMILES string of the molecule is CCCn1cc(S(=O)(=O)Nc2ccncc2Br)nc1C. The van der Waals surface area contributed by atoms with Crippen molar-refractivity contribution in [2.75, 3.05) is 4.72 Å². The second-order valence-corrected chi connectivity index (χ2v) is 6.76. The monoisotopic (exact) mass is 358 g/mol. The molecular formula is C12H15BrN4O2S. The molecule has 6 nitrogen and oxygen atoms in total. The van der Waals surface area contributed by atoms with Gasteiger partial charge in [0.25, 0.3) is 10.0 Å². The highest BCUT2D eigenvalue weighted by Crippen LogP contribution is 2.23. The molecule has 0 aliphatic carbocycles. The lowest BCUT2D eigenvalue weighted by molar-refractivity contribution is 0.597. The van der Waals surface area contributed by atoms with Gasteiger partial charge in [-0.05, 0) is 35.3 Å². The summed E-state index contributed by atoms with van der Waals surface area (Å²) in [6, 6.07) is 1.58. The summed E-state index contributed by atoms with van der Waals surface area (Å²) >= 11 is 3.25. The smallest absolute Gasteiger partial charge is 0.280 e. The Bertz CT molecular complexity index is 712. The van der Waals surface area contributed by atoms with Crippen LogP contribution in [0.25, 0.3) is 0 Å². The minimum atomic E-state index is -3.70. The van der Waals surface area contributed by atoms with Crippen LogP contribution in [0, 0.1) is 6.92 Å². The molecule has 8 heteroatoms. The van der Waals surface area contributed by atoms with E-state index in [0.29, 0.717) is 16.0 Å². The van der Waals surface area contributed by atoms with E-state index < -0.39 is 10.0 Å². The minimum absolute atomic E-state index is 0.0205. The first-order valence-corrected chi connectivity index (χ1v) is 8.37. The normalized spacial score (nSPS) is 11.6. The van der Waals surface area contributed by atoms with E-state index in [1.54, 1.807) is 19.2 Å². The van der Waals surface area contributed by atoms with E-state index in [0.717, 1.165) is 13.0 Å². The molecule has 0 spiro atoms. The lowest BCUT2D eigenvalue weighted by atomic mass is 10.4. The largest absolute Gasteiger partial charge is 0.334 e. The van der Waals surface area contributed by atoms with Crippen LogP contribution in [0.4, 0.5) is 5.69 Å². The molecule has 0 radical (unpaired) electrons. The molecule has 0 amide bonds. The second-order valence-electron chi connectivity index (χ2n) is 4.28. The number of imidazole rings is 1. The predicted octanol–water partition coefficient (Wildman–Crippen LogP) is 2.56. The van der Waals surface area contributed by atoms with Crippen LogP contribution in [0.2, 0.25) is 0 Å². The Kier molecular flexibility index (Phi) is 4.44. The van der Waals surface area contributed by atoms with Gasteiger partial charge in [-0.15, -0.1) is 0 Å². The van der Waals surface area contributed by atoms with Crippen LogP contribution in [0.5, 0.6) is 0 Å². The van der Waals surface area contributed by atoms with Gasteiger partial charge in [-0.3, -0.25) is 9.71 Å². The zero-order chi connectivity index (χ0) is 14.8. The molecule has 0 saturated carbocycles. The van der Waals surface area contributed by atoms with Crippen LogP contribution in [-0.4, -0.2) is 23.0 Å². The molecule has 20 heavy (non-hydrogen) atoms. The van der Waals surface area contributed by atoms with Gasteiger partial charge in [0.05, 0.1) is 10.2 Å². The van der Waals surface area contributed by atoms with Gasteiger partial charge in [0, 0.05) is 25.1 Å². The summed E-state index contributed by atoms with van der Waals surface area (Å²) in [6.07, 6.45) is 5.51. The number of hydrogen-bond acceptors (Lipinski definition) is 4. The maximum absolute atomic E-state index is 12.3. The van der Waals surface area contributed by atoms with Crippen molar-refractivity contribution in [3.05, 3.63) is 35.0 Å². The zero-order valence-electron chi connectivity index (χ0n) is 11.2. The highest BCUT2D eigenvalue weighted by Gasteiger charge is 2.20. The van der Waals surface area contributed by atoms with E-state index in [9.17, 15) is 8.42 Å². The average molecular weight is 359 g/mol. The summed E-state index contributed by atoms with van der Waals surface area (Å²) < 4.78 is 29.5. The quantitative estimate of drug-likeness (QED) is 0.890. The third-order valence-electron chi connectivity index (χ3n) is 2.71. The van der Waals surface area contributed by atoms with Gasteiger partial charge in [-0.2, -0.15) is 8.42 Å². The fourth-order valence-electron chi connectivity index (χ4n) is 1.73. The van der Waals surface area contributed by atoms with Crippen molar-refractivity contribution in [1.29, 1.82) is 0 Å². The molecule has 0 bridgehead atoms. The van der Waals surface area contributed by atoms with Crippen LogP contribution in [0.3, 0.4) is 0 Å². The molecule has 1 N–H and O–H groups in total. The molecule has 2 aromatic heterocycles. The Labute approximate surface area is 126 Å². The van der Waals surface area contributed by atoms with Crippen molar-refractivity contribution in [3.8, 4) is 0 Å². The van der Waals surface area contributed by atoms with E-state index in [2.05, 4.69) is 30.6 Å². The van der Waals surface area contributed by atoms with Crippen LogP contribution < -0.4 is 4.72 Å². The van der Waals surface area contributed by atoms with Crippen molar-refractivity contribution >= 4 is 31.6 Å². The second kappa shape index (κ2) is 5.92. The fourth-order valence-corrected chi connectivity index (χ4v) is 3.30. The summed E-state index contributed by atoms with van der Waals surface area (Å²) in [4.78, 5) is 8.00. The van der Waals surface area contributed by atoms with E-state index in [-0.39, 0.29) is 5.03 Å². The predicted molar refractivity (Wildman–Crippen MR) is 80.0 cm³/mol. The highest BCUT2D eigenvalue weighted by atomic mass is 79.9. The van der Waals surface area contributed by atoms with Crippen molar-refractivity contribution in [2.45, 2.75) is 31.8 Å². The van der Waals surface area contributed by atoms with Gasteiger partial charge < -0.3 is 4.57 Å². The van der Waals surface area contributed by atoms with Gasteiger partial charge in [-0.1, -0.05) is 6.92 Å². The molecule has 0 atom stereocenters. The van der Waals surface area contributed by atoms with Crippen molar-refractivity contribution < 1.29 is 8.42 Å². The molecule has 0 saturated heterocycles. The van der Waals surface area contributed by atoms with Gasteiger partial charge in [0.2, 0.25) is 0 Å². The zero-order valence-corrected chi connectivity index (χ0v) is 13.6.